The molecule has 0 aromatic carbocycles. The number of carbonyl (C=O) groups is 8. The molecule has 0 spiro atoms. The highest BCUT2D eigenvalue weighted by molar-refractivity contribution is 5.77. The van der Waals surface area contributed by atoms with Gasteiger partial charge in [0, 0.05) is 89.5 Å². The average molecular weight is 1230 g/mol. The Kier molecular flexibility index (Phi) is 57.6. The van der Waals surface area contributed by atoms with Crippen molar-refractivity contribution in [1.29, 1.82) is 0 Å². The third kappa shape index (κ3) is 63.6. The molecule has 0 heterocycles. The maximum absolute atomic E-state index is 12.5. The zero-order valence-electron chi connectivity index (χ0n) is 50.9. The minimum atomic E-state index is -0.774. The monoisotopic (exact) mass is 1230 g/mol. The van der Waals surface area contributed by atoms with Crippen LogP contribution in [0.2, 0.25) is 0 Å². The number of carboxylic acids is 2. The molecule has 0 unspecified atom stereocenters. The predicted molar refractivity (Wildman–Crippen MR) is 311 cm³/mol. The van der Waals surface area contributed by atoms with Crippen LogP contribution in [0.4, 0.5) is 0 Å². The molecular formula is C57H106N6O22. The van der Waals surface area contributed by atoms with E-state index in [4.69, 9.17) is 72.8 Å². The molecule has 6 amide bonds. The van der Waals surface area contributed by atoms with Crippen molar-refractivity contribution in [1.82, 2.24) is 26.6 Å². The molecule has 0 aliphatic carbocycles. The number of nitrogens with two attached hydrogens (primary N) is 1. The van der Waals surface area contributed by atoms with E-state index >= 15 is 0 Å². The average Bonchev–Trinajstić information content (AvgIpc) is 3.56. The first-order valence-electron chi connectivity index (χ1n) is 30.2. The van der Waals surface area contributed by atoms with Crippen molar-refractivity contribution in [2.45, 2.75) is 122 Å². The van der Waals surface area contributed by atoms with Gasteiger partial charge in [0.25, 0.3) is 0 Å². The lowest BCUT2D eigenvalue weighted by molar-refractivity contribution is -0.138. The van der Waals surface area contributed by atoms with Crippen molar-refractivity contribution in [3.05, 3.63) is 0 Å². The largest absolute Gasteiger partial charge is 0.481 e. The van der Waals surface area contributed by atoms with E-state index in [1.807, 2.05) is 6.92 Å². The topological polar surface area (TPSA) is 374 Å². The Morgan fingerprint density at radius 1 is 0.282 bits per heavy atom. The summed E-state index contributed by atoms with van der Waals surface area (Å²) in [4.78, 5) is 93.2. The molecule has 0 atom stereocenters. The fourth-order valence-corrected chi connectivity index (χ4v) is 7.25. The fourth-order valence-electron chi connectivity index (χ4n) is 7.25. The zero-order valence-corrected chi connectivity index (χ0v) is 50.9. The number of hydrogen-bond donors (Lipinski definition) is 8. The highest BCUT2D eigenvalue weighted by Gasteiger charge is 2.26. The predicted octanol–water partition coefficient (Wildman–Crippen LogP) is 1.45. The van der Waals surface area contributed by atoms with E-state index in [-0.39, 0.29) is 154 Å². The van der Waals surface area contributed by atoms with Crippen molar-refractivity contribution < 1.29 is 105 Å². The van der Waals surface area contributed by atoms with Crippen LogP contribution in [0, 0.1) is 5.41 Å². The van der Waals surface area contributed by atoms with E-state index in [1.165, 1.54) is 0 Å². The standard InChI is InChI=1S/C57H106N6O22/c1-57(46-83-28-17-52(67)61-22-31-77-37-43-80-40-34-74-25-14-49(58)64,47-84-29-18-53(68)62-23-32-78-38-44-81-41-35-75-26-15-50(65)59-20-10-6-2-4-8-12-55(70)71)48-85-30-19-54(69)63-24-33-79-39-45-82-42-36-76-27-16-51(66)60-21-11-7-3-5-9-13-56(72)73/h2-48H2,1H3,(H2,58,64)(H,59,65)(H,60,66)(H,61,67)(H,62,68)(H,63,69)(H,70,71)(H,72,73). The first-order valence-corrected chi connectivity index (χ1v) is 30.2. The zero-order chi connectivity index (χ0) is 62.4. The summed E-state index contributed by atoms with van der Waals surface area (Å²) in [5, 5.41) is 31.4. The lowest BCUT2D eigenvalue weighted by Gasteiger charge is -2.29. The van der Waals surface area contributed by atoms with Crippen LogP contribution in [0.15, 0.2) is 0 Å². The van der Waals surface area contributed by atoms with Crippen LogP contribution in [0.25, 0.3) is 0 Å². The van der Waals surface area contributed by atoms with Crippen LogP contribution in [0.1, 0.15) is 122 Å². The van der Waals surface area contributed by atoms with Crippen molar-refractivity contribution >= 4 is 47.4 Å². The molecule has 0 aromatic heterocycles. The lowest BCUT2D eigenvalue weighted by Crippen LogP contribution is -2.36. The van der Waals surface area contributed by atoms with Gasteiger partial charge in [0.1, 0.15) is 0 Å². The first-order chi connectivity index (χ1) is 41.2. The summed E-state index contributed by atoms with van der Waals surface area (Å²) in [5.41, 5.74) is 4.38. The molecule has 0 aliphatic heterocycles. The molecule has 0 bridgehead atoms. The number of aliphatic carboxylic acids is 2. The van der Waals surface area contributed by atoms with Crippen molar-refractivity contribution in [3.63, 3.8) is 0 Å². The lowest BCUT2D eigenvalue weighted by atomic mass is 9.94. The second-order valence-corrected chi connectivity index (χ2v) is 20.0. The van der Waals surface area contributed by atoms with Gasteiger partial charge in [-0.15, -0.1) is 0 Å². The Bertz CT molecular complexity index is 1600. The quantitative estimate of drug-likeness (QED) is 0.0400. The van der Waals surface area contributed by atoms with Crippen LogP contribution < -0.4 is 32.3 Å². The normalized spacial score (nSPS) is 11.4. The van der Waals surface area contributed by atoms with E-state index in [0.29, 0.717) is 131 Å². The number of ether oxygens (including phenoxy) is 12. The van der Waals surface area contributed by atoms with Gasteiger partial charge in [-0.25, -0.2) is 0 Å². The molecule has 496 valence electrons. The number of nitrogens with one attached hydrogen (secondary N) is 5. The molecule has 0 fully saturated rings. The Labute approximate surface area is 503 Å². The molecule has 0 saturated carbocycles. The molecule has 85 heavy (non-hydrogen) atoms. The van der Waals surface area contributed by atoms with Gasteiger partial charge in [-0.05, 0) is 25.7 Å². The summed E-state index contributed by atoms with van der Waals surface area (Å²) in [6.45, 7) is 10.6. The molecule has 0 rings (SSSR count). The van der Waals surface area contributed by atoms with Gasteiger partial charge in [0.15, 0.2) is 0 Å². The number of carbonyl (C=O) groups excluding carboxylic acids is 6. The number of unbranched alkanes of at least 4 members (excludes halogenated alkanes) is 8. The number of amides is 6. The SMILES string of the molecule is CC(COCCC(=O)NCCOCCOCCOCCC(N)=O)(COCCC(=O)NCCOCCOCCOCCC(=O)NCCCCCCCC(=O)O)COCCC(=O)NCCOCCOCCOCCC(=O)NCCCCCCCC(=O)O. The number of rotatable bonds is 67. The van der Waals surface area contributed by atoms with Crippen LogP contribution in [-0.2, 0) is 95.2 Å². The maximum Gasteiger partial charge on any atom is 0.303 e. The van der Waals surface area contributed by atoms with Crippen LogP contribution in [0.3, 0.4) is 0 Å². The van der Waals surface area contributed by atoms with Crippen LogP contribution in [0.5, 0.6) is 0 Å². The Morgan fingerprint density at radius 3 is 0.788 bits per heavy atom. The number of carboxylic acid groups (broad SMARTS) is 2. The summed E-state index contributed by atoms with van der Waals surface area (Å²) < 4.78 is 66.8. The summed E-state index contributed by atoms with van der Waals surface area (Å²) >= 11 is 0. The molecule has 28 heteroatoms. The molecular weight excluding hydrogens is 1120 g/mol. The van der Waals surface area contributed by atoms with E-state index in [9.17, 15) is 38.4 Å². The first kappa shape index (κ1) is 80.3. The Morgan fingerprint density at radius 2 is 0.506 bits per heavy atom. The van der Waals surface area contributed by atoms with Gasteiger partial charge in [0.05, 0.1) is 159 Å². The van der Waals surface area contributed by atoms with Crippen LogP contribution in [-0.4, -0.2) is 249 Å². The van der Waals surface area contributed by atoms with Crippen molar-refractivity contribution in [2.24, 2.45) is 11.1 Å². The minimum absolute atomic E-state index is 0.0790. The molecule has 0 radical (unpaired) electrons. The van der Waals surface area contributed by atoms with Gasteiger partial charge in [0.2, 0.25) is 35.4 Å². The molecule has 9 N–H and O–H groups in total. The number of primary amides is 1. The van der Waals surface area contributed by atoms with E-state index in [1.54, 1.807) is 0 Å². The van der Waals surface area contributed by atoms with Crippen molar-refractivity contribution in [3.8, 4) is 0 Å². The second-order valence-electron chi connectivity index (χ2n) is 20.0. The van der Waals surface area contributed by atoms with Gasteiger partial charge in [-0.2, -0.15) is 0 Å². The van der Waals surface area contributed by atoms with E-state index in [2.05, 4.69) is 26.6 Å². The fraction of sp³-hybridized carbons (Fsp3) is 0.860. The summed E-state index contributed by atoms with van der Waals surface area (Å²) in [7, 11) is 0. The number of hydrogen-bond acceptors (Lipinski definition) is 20. The minimum Gasteiger partial charge on any atom is -0.481 e. The third-order valence-electron chi connectivity index (χ3n) is 11.9. The third-order valence-corrected chi connectivity index (χ3v) is 11.9. The van der Waals surface area contributed by atoms with E-state index < -0.39 is 23.3 Å². The van der Waals surface area contributed by atoms with Crippen molar-refractivity contribution in [2.75, 3.05) is 191 Å². The van der Waals surface area contributed by atoms with Gasteiger partial charge < -0.3 is 99.4 Å². The summed E-state index contributed by atoms with van der Waals surface area (Å²) in [6.07, 6.45) is 9.95. The van der Waals surface area contributed by atoms with Gasteiger partial charge >= 0.3 is 11.9 Å². The second kappa shape index (κ2) is 60.9. The molecule has 0 saturated heterocycles. The van der Waals surface area contributed by atoms with Gasteiger partial charge in [-0.3, -0.25) is 38.4 Å². The van der Waals surface area contributed by atoms with Crippen LogP contribution >= 0.6 is 0 Å². The highest BCUT2D eigenvalue weighted by Crippen LogP contribution is 2.19. The molecule has 0 aliphatic rings. The highest BCUT2D eigenvalue weighted by atomic mass is 16.6. The molecule has 28 nitrogen and oxygen atoms in total. The smallest absolute Gasteiger partial charge is 0.303 e. The van der Waals surface area contributed by atoms with Gasteiger partial charge in [-0.1, -0.05) is 45.4 Å². The Balaban J connectivity index is 4.36. The Hall–Kier alpha value is -4.72. The summed E-state index contributed by atoms with van der Waals surface area (Å²) in [5.74, 6) is -2.78. The maximum atomic E-state index is 12.5. The molecule has 0 aromatic rings. The van der Waals surface area contributed by atoms with E-state index in [0.717, 1.165) is 51.4 Å². The summed E-state index contributed by atoms with van der Waals surface area (Å²) in [6, 6.07) is 0.